The zero-order valence-electron chi connectivity index (χ0n) is 12.8. The van der Waals surface area contributed by atoms with Crippen LogP contribution >= 0.6 is 11.8 Å². The number of hydrogen-bond acceptors (Lipinski definition) is 5. The molecule has 118 valence electrons. The van der Waals surface area contributed by atoms with E-state index in [4.69, 9.17) is 10.8 Å². The van der Waals surface area contributed by atoms with Gasteiger partial charge in [0, 0.05) is 31.0 Å². The summed E-state index contributed by atoms with van der Waals surface area (Å²) in [5.41, 5.74) is 6.30. The Morgan fingerprint density at radius 3 is 2.57 bits per heavy atom. The van der Waals surface area contributed by atoms with Gasteiger partial charge in [0.2, 0.25) is 0 Å². The van der Waals surface area contributed by atoms with Crippen molar-refractivity contribution in [2.75, 3.05) is 26.9 Å². The number of quaternary nitrogens is 1. The Kier molecular flexibility index (Phi) is 5.94. The highest BCUT2D eigenvalue weighted by atomic mass is 32.2. The number of hydrogen-bond donors (Lipinski definition) is 3. The van der Waals surface area contributed by atoms with Gasteiger partial charge in [-0.2, -0.15) is 0 Å². The van der Waals surface area contributed by atoms with E-state index in [1.54, 1.807) is 13.1 Å². The van der Waals surface area contributed by atoms with E-state index in [1.165, 1.54) is 11.8 Å². The van der Waals surface area contributed by atoms with Crippen LogP contribution in [0.1, 0.15) is 12.6 Å². The van der Waals surface area contributed by atoms with Crippen LogP contribution in [-0.4, -0.2) is 70.3 Å². The number of carboxylic acid groups (broad SMARTS) is 1. The number of nitrogens with zero attached hydrogens (tertiary/aromatic N) is 2. The lowest BCUT2D eigenvalue weighted by Crippen LogP contribution is -2.50. The van der Waals surface area contributed by atoms with E-state index < -0.39 is 12.0 Å². The Hall–Kier alpha value is -1.38. The normalized spacial score (nSPS) is 14.7. The predicted molar refractivity (Wildman–Crippen MR) is 81.1 cm³/mol. The molecule has 0 radical (unpaired) electrons. The maximum Gasteiger partial charge on any atom is 0.321 e. The average molecular weight is 315 g/mol. The number of aromatic nitrogens is 2. The summed E-state index contributed by atoms with van der Waals surface area (Å²) in [7, 11) is 5.93. The number of Topliss-reactive ketones (excluding diaryl/α,β-unsaturated/α-hetero) is 1. The topological polar surface area (TPSA) is 109 Å². The van der Waals surface area contributed by atoms with Gasteiger partial charge in [0.15, 0.2) is 17.0 Å². The van der Waals surface area contributed by atoms with Crippen LogP contribution in [0.4, 0.5) is 0 Å². The molecule has 2 atom stereocenters. The van der Waals surface area contributed by atoms with Gasteiger partial charge in [-0.15, -0.1) is 0 Å². The number of H-pyrrole nitrogens is 1. The second-order valence-corrected chi connectivity index (χ2v) is 6.92. The minimum absolute atomic E-state index is 0.124. The van der Waals surface area contributed by atoms with Crippen LogP contribution in [0, 0.1) is 0 Å². The summed E-state index contributed by atoms with van der Waals surface area (Å²) < 4.78 is 0.542. The van der Waals surface area contributed by atoms with Gasteiger partial charge in [-0.05, 0) is 0 Å². The van der Waals surface area contributed by atoms with Crippen LogP contribution in [0.5, 0.6) is 0 Å². The molecule has 1 aromatic heterocycles. The fraction of sp³-hybridized carbons (Fsp3) is 0.615. The van der Waals surface area contributed by atoms with Crippen molar-refractivity contribution in [2.24, 2.45) is 5.73 Å². The molecule has 0 fully saturated rings. The van der Waals surface area contributed by atoms with Gasteiger partial charge in [0.25, 0.3) is 0 Å². The van der Waals surface area contributed by atoms with E-state index >= 15 is 0 Å². The fourth-order valence-electron chi connectivity index (χ4n) is 1.93. The van der Waals surface area contributed by atoms with Crippen molar-refractivity contribution < 1.29 is 19.2 Å². The lowest BCUT2D eigenvalue weighted by atomic mass is 10.1. The molecule has 0 aliphatic heterocycles. The molecule has 1 aromatic rings. The number of imidazole rings is 1. The molecular formula is C13H23N4O3S+. The monoisotopic (exact) mass is 315 g/mol. The van der Waals surface area contributed by atoms with Crippen molar-refractivity contribution in [2.45, 2.75) is 30.6 Å². The van der Waals surface area contributed by atoms with Crippen LogP contribution in [0.2, 0.25) is 0 Å². The number of aliphatic carboxylic acids is 1. The van der Waals surface area contributed by atoms with Crippen molar-refractivity contribution in [3.8, 4) is 0 Å². The Bertz CT molecular complexity index is 510. The lowest BCUT2D eigenvalue weighted by Gasteiger charge is -2.32. The number of rotatable bonds is 8. The number of likely N-dealkylation sites (N-methyl/N-ethyl adjacent to an activating group) is 1. The van der Waals surface area contributed by atoms with Crippen LogP contribution in [-0.2, 0) is 16.0 Å². The van der Waals surface area contributed by atoms with Gasteiger partial charge in [-0.1, -0.05) is 11.8 Å². The Balaban J connectivity index is 2.66. The Morgan fingerprint density at radius 2 is 2.10 bits per heavy atom. The molecular weight excluding hydrogens is 292 g/mol. The van der Waals surface area contributed by atoms with Crippen molar-refractivity contribution in [1.82, 2.24) is 9.97 Å². The van der Waals surface area contributed by atoms with E-state index in [1.807, 2.05) is 21.1 Å². The average Bonchev–Trinajstić information content (AvgIpc) is 2.78. The van der Waals surface area contributed by atoms with E-state index in [9.17, 15) is 9.59 Å². The smallest absolute Gasteiger partial charge is 0.321 e. The number of carbonyl (C=O) groups excluding carboxylic acids is 1. The first-order valence-corrected chi connectivity index (χ1v) is 7.56. The van der Waals surface area contributed by atoms with E-state index in [0.717, 1.165) is 5.69 Å². The minimum Gasteiger partial charge on any atom is -0.480 e. The lowest BCUT2D eigenvalue weighted by molar-refractivity contribution is -0.886. The molecule has 1 rings (SSSR count). The highest BCUT2D eigenvalue weighted by molar-refractivity contribution is 7.99. The van der Waals surface area contributed by atoms with Crippen molar-refractivity contribution >= 4 is 23.5 Å². The number of aromatic amines is 1. The van der Waals surface area contributed by atoms with Gasteiger partial charge in [-0.3, -0.25) is 9.59 Å². The first-order chi connectivity index (χ1) is 9.61. The van der Waals surface area contributed by atoms with Crippen molar-refractivity contribution in [1.29, 1.82) is 0 Å². The maximum absolute atomic E-state index is 11.8. The predicted octanol–water partition coefficient (Wildman–Crippen LogP) is 0.120. The quantitative estimate of drug-likeness (QED) is 0.464. The molecule has 0 amide bonds. The SMILES string of the molecule is CC(=O)[C@H](Cc1cnc(SC[C@H](N)C(=O)O)[nH]1)[N+](C)(C)C. The number of thioether (sulfide) groups is 1. The summed E-state index contributed by atoms with van der Waals surface area (Å²) in [6.45, 7) is 1.59. The molecule has 0 aliphatic carbocycles. The van der Waals surface area contributed by atoms with Gasteiger partial charge < -0.3 is 20.3 Å². The van der Waals surface area contributed by atoms with Crippen molar-refractivity contribution in [3.05, 3.63) is 11.9 Å². The fourth-order valence-corrected chi connectivity index (χ4v) is 2.74. The zero-order chi connectivity index (χ0) is 16.2. The molecule has 0 aliphatic rings. The van der Waals surface area contributed by atoms with Crippen LogP contribution in [0.15, 0.2) is 11.4 Å². The van der Waals surface area contributed by atoms with E-state index in [-0.39, 0.29) is 17.6 Å². The highest BCUT2D eigenvalue weighted by Crippen LogP contribution is 2.17. The van der Waals surface area contributed by atoms with E-state index in [2.05, 4.69) is 9.97 Å². The first-order valence-electron chi connectivity index (χ1n) is 6.58. The molecule has 0 bridgehead atoms. The standard InChI is InChI=1S/C13H22N4O3S/c1-8(18)11(17(2,3)4)5-9-6-15-13(16-9)21-7-10(14)12(19)20/h6,10-11H,5,7,14H2,1-4H3,(H-,15,16,19,20)/p+1/t10-,11-/m0/s1. The molecule has 0 aromatic carbocycles. The van der Waals surface area contributed by atoms with Crippen LogP contribution in [0.25, 0.3) is 0 Å². The Morgan fingerprint density at radius 1 is 1.48 bits per heavy atom. The third-order valence-corrected chi connectivity index (χ3v) is 4.15. The molecule has 7 nitrogen and oxygen atoms in total. The molecule has 21 heavy (non-hydrogen) atoms. The van der Waals surface area contributed by atoms with Crippen LogP contribution < -0.4 is 5.73 Å². The number of carbonyl (C=O) groups is 2. The molecule has 0 saturated heterocycles. The van der Waals surface area contributed by atoms with Crippen LogP contribution in [0.3, 0.4) is 0 Å². The number of nitrogens with one attached hydrogen (secondary N) is 1. The van der Waals surface area contributed by atoms with Gasteiger partial charge in [-0.25, -0.2) is 4.98 Å². The summed E-state index contributed by atoms with van der Waals surface area (Å²) in [5, 5.41) is 9.34. The molecule has 8 heteroatoms. The number of carboxylic acids is 1. The molecule has 0 unspecified atom stereocenters. The largest absolute Gasteiger partial charge is 0.480 e. The summed E-state index contributed by atoms with van der Waals surface area (Å²) in [5.74, 6) is -0.663. The Labute approximate surface area is 128 Å². The van der Waals surface area contributed by atoms with Gasteiger partial charge >= 0.3 is 5.97 Å². The summed E-state index contributed by atoms with van der Waals surface area (Å²) >= 11 is 1.26. The number of nitrogens with two attached hydrogens (primary N) is 1. The highest BCUT2D eigenvalue weighted by Gasteiger charge is 2.29. The molecule has 0 spiro atoms. The maximum atomic E-state index is 11.8. The third-order valence-electron chi connectivity index (χ3n) is 3.14. The third kappa shape index (κ3) is 5.49. The second-order valence-electron chi connectivity index (χ2n) is 5.92. The van der Waals surface area contributed by atoms with E-state index in [0.29, 0.717) is 16.1 Å². The summed E-state index contributed by atoms with van der Waals surface area (Å²) in [6, 6.07) is -1.07. The van der Waals surface area contributed by atoms with Gasteiger partial charge in [0.1, 0.15) is 6.04 Å². The molecule has 0 saturated carbocycles. The summed E-state index contributed by atoms with van der Waals surface area (Å²) in [6.07, 6.45) is 2.25. The molecule has 1 heterocycles. The first kappa shape index (κ1) is 17.7. The summed E-state index contributed by atoms with van der Waals surface area (Å²) in [4.78, 5) is 29.7. The minimum atomic E-state index is -1.03. The zero-order valence-corrected chi connectivity index (χ0v) is 13.6. The van der Waals surface area contributed by atoms with Gasteiger partial charge in [0.05, 0.1) is 21.1 Å². The molecule has 4 N–H and O–H groups in total. The second kappa shape index (κ2) is 7.06. The number of ketones is 1. The van der Waals surface area contributed by atoms with Crippen molar-refractivity contribution in [3.63, 3.8) is 0 Å².